The van der Waals surface area contributed by atoms with Crippen molar-refractivity contribution in [2.75, 3.05) is 6.79 Å². The molecule has 1 amide bonds. The van der Waals surface area contributed by atoms with Crippen LogP contribution in [0.15, 0.2) is 28.1 Å². The van der Waals surface area contributed by atoms with Crippen LogP contribution in [-0.2, 0) is 4.79 Å². The van der Waals surface area contributed by atoms with Crippen molar-refractivity contribution < 1.29 is 14.3 Å². The van der Waals surface area contributed by atoms with Crippen molar-refractivity contribution in [2.45, 2.75) is 38.1 Å². The lowest BCUT2D eigenvalue weighted by Crippen LogP contribution is -2.22. The van der Waals surface area contributed by atoms with Crippen LogP contribution in [0, 0.1) is 0 Å². The summed E-state index contributed by atoms with van der Waals surface area (Å²) in [6, 6.07) is 6.03. The lowest BCUT2D eigenvalue weighted by Gasteiger charge is -2.17. The number of amides is 1. The first-order valence-corrected chi connectivity index (χ1v) is 8.78. The molecular weight excluding hydrogens is 312 g/mol. The maximum Gasteiger partial charge on any atom is 0.264 e. The third kappa shape index (κ3) is 3.22. The fourth-order valence-electron chi connectivity index (χ4n) is 3.02. The number of fused-ring (bicyclic) bond motifs is 1. The Morgan fingerprint density at radius 3 is 2.87 bits per heavy atom. The molecule has 5 nitrogen and oxygen atoms in total. The molecule has 4 rings (SSSR count). The van der Waals surface area contributed by atoms with E-state index in [2.05, 4.69) is 5.32 Å². The van der Waals surface area contributed by atoms with E-state index in [1.54, 1.807) is 0 Å². The van der Waals surface area contributed by atoms with Gasteiger partial charge in [0.05, 0.1) is 10.9 Å². The third-order valence-corrected chi connectivity index (χ3v) is 5.14. The SMILES string of the molecule is O=C1NC(=NC2CCCCC2)S/C1=C\c1ccc2c(c1)OCO2. The number of benzene rings is 1. The summed E-state index contributed by atoms with van der Waals surface area (Å²) >= 11 is 1.42. The van der Waals surface area contributed by atoms with E-state index < -0.39 is 0 Å². The van der Waals surface area contributed by atoms with Crippen LogP contribution in [0.1, 0.15) is 37.7 Å². The van der Waals surface area contributed by atoms with Gasteiger partial charge in [0.15, 0.2) is 16.7 Å². The predicted octanol–water partition coefficient (Wildman–Crippen LogP) is 3.31. The second kappa shape index (κ2) is 6.28. The van der Waals surface area contributed by atoms with E-state index in [1.807, 2.05) is 24.3 Å². The van der Waals surface area contributed by atoms with E-state index in [0.29, 0.717) is 10.9 Å². The number of thioether (sulfide) groups is 1. The fraction of sp³-hybridized carbons (Fsp3) is 0.412. The summed E-state index contributed by atoms with van der Waals surface area (Å²) in [5, 5.41) is 3.60. The number of aliphatic imine (C=N–C) groups is 1. The molecule has 1 aromatic rings. The van der Waals surface area contributed by atoms with E-state index in [9.17, 15) is 4.79 Å². The minimum Gasteiger partial charge on any atom is -0.454 e. The molecule has 2 heterocycles. The van der Waals surface area contributed by atoms with Crippen LogP contribution in [0.5, 0.6) is 11.5 Å². The molecule has 6 heteroatoms. The molecule has 120 valence electrons. The highest BCUT2D eigenvalue weighted by atomic mass is 32.2. The molecule has 1 saturated carbocycles. The van der Waals surface area contributed by atoms with Gasteiger partial charge in [-0.15, -0.1) is 0 Å². The molecule has 23 heavy (non-hydrogen) atoms. The van der Waals surface area contributed by atoms with Crippen molar-refractivity contribution in [1.29, 1.82) is 0 Å². The van der Waals surface area contributed by atoms with Gasteiger partial charge in [0.2, 0.25) is 6.79 Å². The highest BCUT2D eigenvalue weighted by molar-refractivity contribution is 8.18. The topological polar surface area (TPSA) is 59.9 Å². The molecule has 0 bridgehead atoms. The normalized spacial score (nSPS) is 24.4. The second-order valence-corrected chi connectivity index (χ2v) is 6.93. The molecule has 0 spiro atoms. The highest BCUT2D eigenvalue weighted by Gasteiger charge is 2.25. The molecule has 3 aliphatic rings. The number of hydrogen-bond acceptors (Lipinski definition) is 5. The zero-order valence-corrected chi connectivity index (χ0v) is 13.5. The van der Waals surface area contributed by atoms with Crippen molar-refractivity contribution in [2.24, 2.45) is 4.99 Å². The second-order valence-electron chi connectivity index (χ2n) is 5.90. The Morgan fingerprint density at radius 1 is 1.17 bits per heavy atom. The lowest BCUT2D eigenvalue weighted by molar-refractivity contribution is -0.115. The van der Waals surface area contributed by atoms with Gasteiger partial charge in [-0.1, -0.05) is 25.3 Å². The standard InChI is InChI=1S/C17H18N2O3S/c20-16-15(9-11-6-7-13-14(8-11)22-10-21-13)23-17(19-16)18-12-4-2-1-3-5-12/h6-9,12H,1-5,10H2,(H,18,19,20)/b15-9-. The first-order chi connectivity index (χ1) is 11.3. The largest absolute Gasteiger partial charge is 0.454 e. The lowest BCUT2D eigenvalue weighted by atomic mass is 9.96. The van der Waals surface area contributed by atoms with Gasteiger partial charge in [-0.2, -0.15) is 0 Å². The van der Waals surface area contributed by atoms with Gasteiger partial charge in [-0.25, -0.2) is 0 Å². The van der Waals surface area contributed by atoms with Crippen LogP contribution < -0.4 is 14.8 Å². The van der Waals surface area contributed by atoms with Gasteiger partial charge in [-0.3, -0.25) is 9.79 Å². The van der Waals surface area contributed by atoms with Crippen molar-refractivity contribution >= 4 is 28.9 Å². The van der Waals surface area contributed by atoms with E-state index in [4.69, 9.17) is 14.5 Å². The Bertz CT molecular complexity index is 693. The minimum atomic E-state index is -0.0813. The van der Waals surface area contributed by atoms with Crippen LogP contribution in [0.2, 0.25) is 0 Å². The number of nitrogens with zero attached hydrogens (tertiary/aromatic N) is 1. The summed E-state index contributed by atoms with van der Waals surface area (Å²) in [6.07, 6.45) is 7.89. The summed E-state index contributed by atoms with van der Waals surface area (Å²) in [5.41, 5.74) is 0.922. The van der Waals surface area contributed by atoms with Crippen LogP contribution in [-0.4, -0.2) is 23.9 Å². The molecule has 1 saturated heterocycles. The average Bonchev–Trinajstić information content (AvgIpc) is 3.15. The van der Waals surface area contributed by atoms with Gasteiger partial charge in [0.25, 0.3) is 5.91 Å². The Balaban J connectivity index is 1.50. The molecule has 0 unspecified atom stereocenters. The first kappa shape index (κ1) is 14.6. The summed E-state index contributed by atoms with van der Waals surface area (Å²) < 4.78 is 10.7. The smallest absolute Gasteiger partial charge is 0.264 e. The molecule has 0 atom stereocenters. The zero-order valence-electron chi connectivity index (χ0n) is 12.7. The maximum atomic E-state index is 12.1. The van der Waals surface area contributed by atoms with Gasteiger partial charge in [0, 0.05) is 0 Å². The van der Waals surface area contributed by atoms with E-state index in [-0.39, 0.29) is 12.7 Å². The van der Waals surface area contributed by atoms with Crippen molar-refractivity contribution in [3.63, 3.8) is 0 Å². The molecule has 2 aliphatic heterocycles. The van der Waals surface area contributed by atoms with Crippen LogP contribution in [0.25, 0.3) is 6.08 Å². The number of rotatable bonds is 2. The number of carbonyl (C=O) groups is 1. The van der Waals surface area contributed by atoms with E-state index in [0.717, 1.165) is 35.1 Å². The van der Waals surface area contributed by atoms with Crippen LogP contribution in [0.3, 0.4) is 0 Å². The Kier molecular flexibility index (Phi) is 3.99. The number of amidine groups is 1. The molecule has 1 aliphatic carbocycles. The van der Waals surface area contributed by atoms with Crippen LogP contribution in [0.4, 0.5) is 0 Å². The number of hydrogen-bond donors (Lipinski definition) is 1. The van der Waals surface area contributed by atoms with Crippen molar-refractivity contribution in [1.82, 2.24) is 5.32 Å². The van der Waals surface area contributed by atoms with Gasteiger partial charge in [-0.05, 0) is 48.4 Å². The quantitative estimate of drug-likeness (QED) is 0.845. The predicted molar refractivity (Wildman–Crippen MR) is 90.6 cm³/mol. The molecule has 1 aromatic carbocycles. The molecule has 2 fully saturated rings. The third-order valence-electron chi connectivity index (χ3n) is 4.22. The Labute approximate surface area is 139 Å². The van der Waals surface area contributed by atoms with Gasteiger partial charge < -0.3 is 14.8 Å². The number of nitrogens with one attached hydrogen (secondary N) is 1. The Morgan fingerprint density at radius 2 is 2.00 bits per heavy atom. The zero-order chi connectivity index (χ0) is 15.6. The molecule has 0 aromatic heterocycles. The summed E-state index contributed by atoms with van der Waals surface area (Å²) in [5.74, 6) is 1.39. The van der Waals surface area contributed by atoms with Crippen molar-refractivity contribution in [3.05, 3.63) is 28.7 Å². The summed E-state index contributed by atoms with van der Waals surface area (Å²) in [6.45, 7) is 0.253. The fourth-order valence-corrected chi connectivity index (χ4v) is 3.91. The highest BCUT2D eigenvalue weighted by Crippen LogP contribution is 2.34. The number of carbonyl (C=O) groups excluding carboxylic acids is 1. The van der Waals surface area contributed by atoms with Crippen LogP contribution >= 0.6 is 11.8 Å². The maximum absolute atomic E-state index is 12.1. The average molecular weight is 330 g/mol. The van der Waals surface area contributed by atoms with Gasteiger partial charge in [0.1, 0.15) is 0 Å². The first-order valence-electron chi connectivity index (χ1n) is 7.96. The molecule has 1 N–H and O–H groups in total. The van der Waals surface area contributed by atoms with Crippen molar-refractivity contribution in [3.8, 4) is 11.5 Å². The molecule has 0 radical (unpaired) electrons. The molecular formula is C17H18N2O3S. The number of ether oxygens (including phenoxy) is 2. The van der Waals surface area contributed by atoms with E-state index in [1.165, 1.54) is 31.0 Å². The summed E-state index contributed by atoms with van der Waals surface area (Å²) in [7, 11) is 0. The van der Waals surface area contributed by atoms with E-state index >= 15 is 0 Å². The van der Waals surface area contributed by atoms with Gasteiger partial charge >= 0.3 is 0 Å². The summed E-state index contributed by atoms with van der Waals surface area (Å²) in [4.78, 5) is 17.5. The Hall–Kier alpha value is -1.95. The monoisotopic (exact) mass is 330 g/mol. The minimum absolute atomic E-state index is 0.0813.